The number of amides is 1. The maximum atomic E-state index is 12.4. The van der Waals surface area contributed by atoms with Crippen molar-refractivity contribution >= 4 is 12.0 Å². The summed E-state index contributed by atoms with van der Waals surface area (Å²) < 4.78 is 0. The van der Waals surface area contributed by atoms with Crippen molar-refractivity contribution in [2.75, 3.05) is 13.1 Å². The second-order valence-corrected chi connectivity index (χ2v) is 8.82. The molecule has 3 heteroatoms. The summed E-state index contributed by atoms with van der Waals surface area (Å²) in [6, 6.07) is 3.99. The van der Waals surface area contributed by atoms with Gasteiger partial charge in [-0.05, 0) is 41.0 Å². The Balaban J connectivity index is 2.54. The van der Waals surface area contributed by atoms with Gasteiger partial charge in [-0.25, -0.2) is 0 Å². The molecular weight excluding hydrogens is 310 g/mol. The van der Waals surface area contributed by atoms with E-state index in [4.69, 9.17) is 6.42 Å². The largest absolute Gasteiger partial charge is 0.507 e. The zero-order valence-electron chi connectivity index (χ0n) is 16.2. The minimum atomic E-state index is -0.187. The lowest BCUT2D eigenvalue weighted by Gasteiger charge is -2.28. The maximum Gasteiger partial charge on any atom is 0.250 e. The van der Waals surface area contributed by atoms with E-state index >= 15 is 0 Å². The molecule has 0 saturated carbocycles. The summed E-state index contributed by atoms with van der Waals surface area (Å²) in [6.07, 6.45) is 7.98. The summed E-state index contributed by atoms with van der Waals surface area (Å²) in [4.78, 5) is 14.1. The lowest BCUT2D eigenvalue weighted by Crippen LogP contribution is -2.25. The highest BCUT2D eigenvalue weighted by molar-refractivity contribution is 6.00. The topological polar surface area (TPSA) is 40.5 Å². The van der Waals surface area contributed by atoms with Gasteiger partial charge in [0.2, 0.25) is 0 Å². The van der Waals surface area contributed by atoms with Crippen LogP contribution in [0.4, 0.5) is 0 Å². The summed E-state index contributed by atoms with van der Waals surface area (Å²) in [5.41, 5.74) is 3.16. The first-order valence-electron chi connectivity index (χ1n) is 8.76. The fourth-order valence-electron chi connectivity index (χ4n) is 3.15. The first kappa shape index (κ1) is 19.1. The predicted octanol–water partition coefficient (Wildman–Crippen LogP) is 4.24. The lowest BCUT2D eigenvalue weighted by molar-refractivity contribution is -0.124. The van der Waals surface area contributed by atoms with E-state index in [9.17, 15) is 9.90 Å². The van der Waals surface area contributed by atoms with Gasteiger partial charge in [0.1, 0.15) is 5.75 Å². The molecule has 1 aliphatic rings. The monoisotopic (exact) mass is 339 g/mol. The molecular formula is C22H29NO2. The highest BCUT2D eigenvalue weighted by Crippen LogP contribution is 2.40. The van der Waals surface area contributed by atoms with Gasteiger partial charge in [-0.1, -0.05) is 47.5 Å². The summed E-state index contributed by atoms with van der Waals surface area (Å²) in [7, 11) is 0. The number of carbonyl (C=O) groups is 1. The number of phenols is 1. The predicted molar refractivity (Wildman–Crippen MR) is 104 cm³/mol. The van der Waals surface area contributed by atoms with E-state index in [0.29, 0.717) is 25.3 Å². The summed E-state index contributed by atoms with van der Waals surface area (Å²) in [5, 5.41) is 10.8. The summed E-state index contributed by atoms with van der Waals surface area (Å²) >= 11 is 0. The van der Waals surface area contributed by atoms with Gasteiger partial charge < -0.3 is 10.0 Å². The van der Waals surface area contributed by atoms with Crippen molar-refractivity contribution < 1.29 is 9.90 Å². The minimum absolute atomic E-state index is 0.0145. The molecule has 1 aliphatic heterocycles. The zero-order chi connectivity index (χ0) is 19.0. The third-order valence-electron chi connectivity index (χ3n) is 4.58. The standard InChI is InChI=1S/C22H29NO2/c1-8-10-23-11-9-16(20(23)25)12-15-13-17(21(2,3)4)19(24)18(14-15)22(5,6)7/h1,12-14,24H,9-11H2,2-7H3. The van der Waals surface area contributed by atoms with E-state index < -0.39 is 0 Å². The Bertz CT molecular complexity index is 717. The molecule has 1 heterocycles. The molecule has 1 N–H and O–H groups in total. The summed E-state index contributed by atoms with van der Waals surface area (Å²) in [5.74, 6) is 2.90. The van der Waals surface area contributed by atoms with Crippen LogP contribution in [0.15, 0.2) is 17.7 Å². The van der Waals surface area contributed by atoms with Gasteiger partial charge in [-0.2, -0.15) is 0 Å². The molecule has 0 bridgehead atoms. The van der Waals surface area contributed by atoms with Gasteiger partial charge >= 0.3 is 0 Å². The highest BCUT2D eigenvalue weighted by Gasteiger charge is 2.28. The number of nitrogens with zero attached hydrogens (tertiary/aromatic N) is 1. The Labute approximate surface area is 151 Å². The van der Waals surface area contributed by atoms with E-state index in [2.05, 4.69) is 47.5 Å². The Hall–Kier alpha value is -2.21. The van der Waals surface area contributed by atoms with Crippen LogP contribution in [0.25, 0.3) is 6.08 Å². The number of benzene rings is 1. The van der Waals surface area contributed by atoms with Gasteiger partial charge in [-0.15, -0.1) is 6.42 Å². The van der Waals surface area contributed by atoms with Crippen LogP contribution in [0, 0.1) is 12.3 Å². The van der Waals surface area contributed by atoms with Crippen LogP contribution in [0.1, 0.15) is 64.7 Å². The second-order valence-electron chi connectivity index (χ2n) is 8.82. The Morgan fingerprint density at radius 1 is 1.16 bits per heavy atom. The first-order chi connectivity index (χ1) is 11.4. The van der Waals surface area contributed by atoms with Crippen LogP contribution in [-0.4, -0.2) is 29.0 Å². The van der Waals surface area contributed by atoms with Crippen molar-refractivity contribution in [2.45, 2.75) is 58.8 Å². The molecule has 2 rings (SSSR count). The van der Waals surface area contributed by atoms with E-state index in [-0.39, 0.29) is 16.7 Å². The molecule has 1 aromatic carbocycles. The molecule has 0 aromatic heterocycles. The molecule has 1 aromatic rings. The number of aromatic hydroxyl groups is 1. The molecule has 0 aliphatic carbocycles. The molecule has 1 amide bonds. The van der Waals surface area contributed by atoms with Crippen molar-refractivity contribution in [3.63, 3.8) is 0 Å². The van der Waals surface area contributed by atoms with Gasteiger partial charge in [0, 0.05) is 23.2 Å². The van der Waals surface area contributed by atoms with Gasteiger partial charge in [0.25, 0.3) is 5.91 Å². The van der Waals surface area contributed by atoms with Crippen molar-refractivity contribution in [3.8, 4) is 18.1 Å². The van der Waals surface area contributed by atoms with Crippen LogP contribution in [-0.2, 0) is 15.6 Å². The van der Waals surface area contributed by atoms with Crippen LogP contribution in [0.2, 0.25) is 0 Å². The number of likely N-dealkylation sites (tertiary alicyclic amines) is 1. The fourth-order valence-corrected chi connectivity index (χ4v) is 3.15. The van der Waals surface area contributed by atoms with Crippen LogP contribution in [0.5, 0.6) is 5.75 Å². The summed E-state index contributed by atoms with van der Waals surface area (Å²) in [6.45, 7) is 13.5. The number of terminal acetylenes is 1. The fraction of sp³-hybridized carbons (Fsp3) is 0.500. The Morgan fingerprint density at radius 3 is 2.12 bits per heavy atom. The minimum Gasteiger partial charge on any atom is -0.507 e. The van der Waals surface area contributed by atoms with Crippen LogP contribution >= 0.6 is 0 Å². The first-order valence-corrected chi connectivity index (χ1v) is 8.76. The van der Waals surface area contributed by atoms with Crippen molar-refractivity contribution in [1.29, 1.82) is 0 Å². The average molecular weight is 339 g/mol. The van der Waals surface area contributed by atoms with E-state index in [1.807, 2.05) is 18.2 Å². The number of hydrogen-bond acceptors (Lipinski definition) is 2. The lowest BCUT2D eigenvalue weighted by atomic mass is 9.78. The SMILES string of the molecule is C#CCN1CCC(=Cc2cc(C(C)(C)C)c(O)c(C(C)(C)C)c2)C1=O. The molecule has 3 nitrogen and oxygen atoms in total. The normalized spacial score (nSPS) is 17.2. The molecule has 1 fully saturated rings. The van der Waals surface area contributed by atoms with E-state index in [1.165, 1.54) is 0 Å². The van der Waals surface area contributed by atoms with Crippen LogP contribution in [0.3, 0.4) is 0 Å². The van der Waals surface area contributed by atoms with Crippen LogP contribution < -0.4 is 0 Å². The third-order valence-corrected chi connectivity index (χ3v) is 4.58. The molecule has 0 spiro atoms. The van der Waals surface area contributed by atoms with Gasteiger partial charge in [0.05, 0.1) is 6.54 Å². The molecule has 0 radical (unpaired) electrons. The van der Waals surface area contributed by atoms with Gasteiger partial charge in [0.15, 0.2) is 0 Å². The number of hydrogen-bond donors (Lipinski definition) is 1. The Morgan fingerprint density at radius 2 is 1.68 bits per heavy atom. The second kappa shape index (κ2) is 6.59. The van der Waals surface area contributed by atoms with E-state index in [1.54, 1.807) is 4.90 Å². The maximum absolute atomic E-state index is 12.4. The number of carbonyl (C=O) groups excluding carboxylic acids is 1. The molecule has 0 unspecified atom stereocenters. The number of phenolic OH excluding ortho intramolecular Hbond substituents is 1. The average Bonchev–Trinajstić information content (AvgIpc) is 2.80. The van der Waals surface area contributed by atoms with Crippen molar-refractivity contribution in [3.05, 3.63) is 34.4 Å². The van der Waals surface area contributed by atoms with Crippen molar-refractivity contribution in [2.24, 2.45) is 0 Å². The molecule has 0 atom stereocenters. The van der Waals surface area contributed by atoms with Gasteiger partial charge in [-0.3, -0.25) is 4.79 Å². The highest BCUT2D eigenvalue weighted by atomic mass is 16.3. The molecule has 25 heavy (non-hydrogen) atoms. The third kappa shape index (κ3) is 4.07. The molecule has 1 saturated heterocycles. The van der Waals surface area contributed by atoms with Crippen molar-refractivity contribution in [1.82, 2.24) is 4.90 Å². The quantitative estimate of drug-likeness (QED) is 0.647. The smallest absolute Gasteiger partial charge is 0.250 e. The number of rotatable bonds is 2. The van der Waals surface area contributed by atoms with E-state index in [0.717, 1.165) is 22.3 Å². The Kier molecular flexibility index (Phi) is 5.04. The molecule has 134 valence electrons. The zero-order valence-corrected chi connectivity index (χ0v) is 16.2.